The fourth-order valence-corrected chi connectivity index (χ4v) is 3.48. The number of rotatable bonds is 4. The molecule has 1 atom stereocenters. The Morgan fingerprint density at radius 1 is 1.48 bits per heavy atom. The predicted molar refractivity (Wildman–Crippen MR) is 80.1 cm³/mol. The Labute approximate surface area is 126 Å². The summed E-state index contributed by atoms with van der Waals surface area (Å²) < 4.78 is 20.9. The molecule has 7 heteroatoms. The molecule has 1 aromatic carbocycles. The summed E-state index contributed by atoms with van der Waals surface area (Å²) in [5, 5.41) is 8.80. The number of halogens is 1. The van der Waals surface area contributed by atoms with E-state index in [1.165, 1.54) is 12.1 Å². The lowest BCUT2D eigenvalue weighted by Gasteiger charge is -2.13. The van der Waals surface area contributed by atoms with Crippen molar-refractivity contribution < 1.29 is 9.13 Å². The zero-order chi connectivity index (χ0) is 15.0. The number of nitrogen functional groups attached to an aromatic ring is 1. The van der Waals surface area contributed by atoms with E-state index in [2.05, 4.69) is 10.2 Å². The van der Waals surface area contributed by atoms with Gasteiger partial charge in [0.1, 0.15) is 17.7 Å². The van der Waals surface area contributed by atoms with Gasteiger partial charge in [-0.1, -0.05) is 11.8 Å². The van der Waals surface area contributed by atoms with E-state index >= 15 is 0 Å². The van der Waals surface area contributed by atoms with E-state index in [0.717, 1.165) is 22.2 Å². The summed E-state index contributed by atoms with van der Waals surface area (Å²) in [5.74, 6) is 1.69. The van der Waals surface area contributed by atoms with Gasteiger partial charge in [-0.05, 0) is 32.0 Å². The van der Waals surface area contributed by atoms with E-state index in [-0.39, 0.29) is 18.0 Å². The first-order valence-electron chi connectivity index (χ1n) is 6.83. The van der Waals surface area contributed by atoms with Gasteiger partial charge in [0.25, 0.3) is 0 Å². The van der Waals surface area contributed by atoms with Crippen molar-refractivity contribution >= 4 is 17.7 Å². The number of hydrogen-bond donors (Lipinski definition) is 1. The van der Waals surface area contributed by atoms with Gasteiger partial charge in [0.05, 0.1) is 0 Å². The number of nitrogens with two attached hydrogens (primary N) is 1. The van der Waals surface area contributed by atoms with E-state index in [4.69, 9.17) is 10.5 Å². The quantitative estimate of drug-likeness (QED) is 0.880. The van der Waals surface area contributed by atoms with Crippen LogP contribution in [0.4, 0.5) is 10.3 Å². The minimum absolute atomic E-state index is 0.0188. The lowest BCUT2D eigenvalue weighted by atomic mass is 10.1. The molecule has 112 valence electrons. The summed E-state index contributed by atoms with van der Waals surface area (Å²) >= 11 is 1.56. The number of anilines is 1. The van der Waals surface area contributed by atoms with Crippen LogP contribution in [-0.4, -0.2) is 26.6 Å². The molecule has 0 amide bonds. The summed E-state index contributed by atoms with van der Waals surface area (Å²) in [7, 11) is 0. The van der Waals surface area contributed by atoms with E-state index in [1.807, 2.05) is 18.4 Å². The highest BCUT2D eigenvalue weighted by molar-refractivity contribution is 7.99. The number of aromatic nitrogens is 3. The first-order valence-corrected chi connectivity index (χ1v) is 7.81. The second-order valence-corrected chi connectivity index (χ2v) is 6.30. The fourth-order valence-electron chi connectivity index (χ4n) is 2.42. The molecule has 1 aliphatic heterocycles. The van der Waals surface area contributed by atoms with Crippen molar-refractivity contribution in [3.63, 3.8) is 0 Å². The van der Waals surface area contributed by atoms with Gasteiger partial charge in [0, 0.05) is 23.8 Å². The second-order valence-electron chi connectivity index (χ2n) is 5.31. The molecule has 2 N–H and O–H groups in total. The standard InChI is InChI=1S/C14H17FN4OS/c1-8(2)19-13(16)17-18-14(19)21-7-11-6-9-5-10(15)3-4-12(9)20-11/h3-5,8,11H,6-7H2,1-2H3,(H2,16,17). The van der Waals surface area contributed by atoms with Crippen LogP contribution in [0.1, 0.15) is 25.5 Å². The number of benzene rings is 1. The lowest BCUT2D eigenvalue weighted by Crippen LogP contribution is -2.17. The van der Waals surface area contributed by atoms with Crippen LogP contribution in [-0.2, 0) is 6.42 Å². The average molecular weight is 308 g/mol. The van der Waals surface area contributed by atoms with Crippen molar-refractivity contribution in [3.8, 4) is 5.75 Å². The van der Waals surface area contributed by atoms with Crippen LogP contribution < -0.4 is 10.5 Å². The summed E-state index contributed by atoms with van der Waals surface area (Å²) in [6, 6.07) is 4.85. The van der Waals surface area contributed by atoms with Gasteiger partial charge in [-0.3, -0.25) is 4.57 Å². The third-order valence-corrected chi connectivity index (χ3v) is 4.44. The maximum Gasteiger partial charge on any atom is 0.222 e. The van der Waals surface area contributed by atoms with E-state index in [9.17, 15) is 4.39 Å². The van der Waals surface area contributed by atoms with Crippen molar-refractivity contribution in [3.05, 3.63) is 29.6 Å². The zero-order valence-corrected chi connectivity index (χ0v) is 12.7. The Hall–Kier alpha value is -1.76. The van der Waals surface area contributed by atoms with Gasteiger partial charge < -0.3 is 10.5 Å². The van der Waals surface area contributed by atoms with Gasteiger partial charge in [-0.25, -0.2) is 4.39 Å². The van der Waals surface area contributed by atoms with E-state index in [1.54, 1.807) is 17.8 Å². The molecule has 1 unspecified atom stereocenters. The van der Waals surface area contributed by atoms with Crippen molar-refractivity contribution in [1.29, 1.82) is 0 Å². The molecule has 0 aliphatic carbocycles. The highest BCUT2D eigenvalue weighted by Crippen LogP contribution is 2.32. The van der Waals surface area contributed by atoms with Crippen molar-refractivity contribution in [1.82, 2.24) is 14.8 Å². The molecule has 1 aliphatic rings. The molecule has 0 saturated heterocycles. The molecule has 1 aromatic heterocycles. The number of hydrogen-bond acceptors (Lipinski definition) is 5. The van der Waals surface area contributed by atoms with Crippen LogP contribution in [0.2, 0.25) is 0 Å². The smallest absolute Gasteiger partial charge is 0.222 e. The minimum atomic E-state index is -0.224. The summed E-state index contributed by atoms with van der Waals surface area (Å²) in [6.45, 7) is 4.07. The molecule has 5 nitrogen and oxygen atoms in total. The molecule has 21 heavy (non-hydrogen) atoms. The first-order chi connectivity index (χ1) is 10.0. The Morgan fingerprint density at radius 3 is 3.05 bits per heavy atom. The van der Waals surface area contributed by atoms with Crippen LogP contribution >= 0.6 is 11.8 Å². The zero-order valence-electron chi connectivity index (χ0n) is 11.9. The van der Waals surface area contributed by atoms with Crippen LogP contribution in [0, 0.1) is 5.82 Å². The number of ether oxygens (including phenoxy) is 1. The van der Waals surface area contributed by atoms with Gasteiger partial charge in [-0.15, -0.1) is 10.2 Å². The highest BCUT2D eigenvalue weighted by atomic mass is 32.2. The summed E-state index contributed by atoms with van der Waals surface area (Å²) in [5.41, 5.74) is 6.74. The molecular weight excluding hydrogens is 291 g/mol. The van der Waals surface area contributed by atoms with Crippen molar-refractivity contribution in [2.24, 2.45) is 0 Å². The Balaban J connectivity index is 1.65. The van der Waals surface area contributed by atoms with Gasteiger partial charge in [0.15, 0.2) is 5.16 Å². The number of fused-ring (bicyclic) bond motifs is 1. The SMILES string of the molecule is CC(C)n1c(N)nnc1SCC1Cc2cc(F)ccc2O1. The molecule has 0 fully saturated rings. The predicted octanol–water partition coefficient (Wildman–Crippen LogP) is 2.68. The highest BCUT2D eigenvalue weighted by Gasteiger charge is 2.24. The molecule has 0 bridgehead atoms. The summed E-state index contributed by atoms with van der Waals surface area (Å²) in [4.78, 5) is 0. The van der Waals surface area contributed by atoms with Crippen molar-refractivity contribution in [2.45, 2.75) is 37.6 Å². The number of thioether (sulfide) groups is 1. The Morgan fingerprint density at radius 2 is 2.29 bits per heavy atom. The topological polar surface area (TPSA) is 66.0 Å². The summed E-state index contributed by atoms with van der Waals surface area (Å²) in [6.07, 6.45) is 0.733. The van der Waals surface area contributed by atoms with Crippen LogP contribution in [0.25, 0.3) is 0 Å². The Kier molecular flexibility index (Phi) is 3.75. The van der Waals surface area contributed by atoms with Crippen molar-refractivity contribution in [2.75, 3.05) is 11.5 Å². The van der Waals surface area contributed by atoms with Gasteiger partial charge >= 0.3 is 0 Å². The monoisotopic (exact) mass is 308 g/mol. The van der Waals surface area contributed by atoms with E-state index < -0.39 is 0 Å². The maximum atomic E-state index is 13.2. The van der Waals surface area contributed by atoms with Gasteiger partial charge in [-0.2, -0.15) is 0 Å². The average Bonchev–Trinajstić information content (AvgIpc) is 2.98. The molecule has 0 saturated carbocycles. The molecule has 0 spiro atoms. The second kappa shape index (κ2) is 5.55. The maximum absolute atomic E-state index is 13.2. The van der Waals surface area contributed by atoms with Gasteiger partial charge in [0.2, 0.25) is 5.95 Å². The third kappa shape index (κ3) is 2.83. The Bertz CT molecular complexity index is 658. The largest absolute Gasteiger partial charge is 0.489 e. The molecule has 3 rings (SSSR count). The fraction of sp³-hybridized carbons (Fsp3) is 0.429. The van der Waals surface area contributed by atoms with E-state index in [0.29, 0.717) is 12.4 Å². The third-order valence-electron chi connectivity index (χ3n) is 3.37. The lowest BCUT2D eigenvalue weighted by molar-refractivity contribution is 0.259. The normalized spacial score (nSPS) is 17.0. The minimum Gasteiger partial charge on any atom is -0.489 e. The molecular formula is C14H17FN4OS. The van der Waals surface area contributed by atoms with Crippen LogP contribution in [0.15, 0.2) is 23.4 Å². The van der Waals surface area contributed by atoms with Crippen LogP contribution in [0.5, 0.6) is 5.75 Å². The number of nitrogens with zero attached hydrogens (tertiary/aromatic N) is 3. The first kappa shape index (κ1) is 14.2. The molecule has 0 radical (unpaired) electrons. The van der Waals surface area contributed by atoms with Crippen LogP contribution in [0.3, 0.4) is 0 Å². The molecule has 2 aromatic rings. The molecule has 2 heterocycles.